The van der Waals surface area contributed by atoms with Crippen molar-refractivity contribution in [2.45, 2.75) is 23.7 Å². The Morgan fingerprint density at radius 3 is 2.68 bits per heavy atom. The number of methoxy groups -OCH3 is 1. The Balaban J connectivity index is 1.38. The second-order valence-electron chi connectivity index (χ2n) is 8.65. The van der Waals surface area contributed by atoms with Crippen LogP contribution in [0.1, 0.15) is 24.5 Å². The number of halogens is 3. The van der Waals surface area contributed by atoms with E-state index >= 15 is 4.39 Å². The topological polar surface area (TPSA) is 127 Å². The lowest BCUT2D eigenvalue weighted by Gasteiger charge is -2.13. The summed E-state index contributed by atoms with van der Waals surface area (Å²) in [6, 6.07) is 2.49. The number of hydrogen-bond acceptors (Lipinski definition) is 7. The first kappa shape index (κ1) is 23.9. The van der Waals surface area contributed by atoms with Gasteiger partial charge in [0.05, 0.1) is 59.7 Å². The molecule has 0 saturated heterocycles. The number of imidazole rings is 2. The average Bonchev–Trinajstić information content (AvgIpc) is 3.47. The van der Waals surface area contributed by atoms with E-state index in [1.54, 1.807) is 10.7 Å². The van der Waals surface area contributed by atoms with E-state index in [2.05, 4.69) is 24.9 Å². The molecule has 4 aromatic heterocycles. The van der Waals surface area contributed by atoms with Crippen LogP contribution < -0.4 is 9.46 Å². The van der Waals surface area contributed by atoms with Crippen LogP contribution in [0.5, 0.6) is 5.88 Å². The van der Waals surface area contributed by atoms with E-state index in [-0.39, 0.29) is 5.69 Å². The van der Waals surface area contributed by atoms with Crippen molar-refractivity contribution in [2.24, 2.45) is 0 Å². The summed E-state index contributed by atoms with van der Waals surface area (Å²) in [5.41, 5.74) is 1.62. The number of anilines is 1. The van der Waals surface area contributed by atoms with E-state index in [1.807, 2.05) is 4.72 Å². The van der Waals surface area contributed by atoms with E-state index < -0.39 is 49.5 Å². The highest BCUT2D eigenvalue weighted by molar-refractivity contribution is 7.92. The molecule has 5 aromatic rings. The smallest absolute Gasteiger partial charge is 0.267 e. The number of sulfonamides is 1. The molecule has 0 aliphatic heterocycles. The number of ether oxygens (including phenoxy) is 1. The summed E-state index contributed by atoms with van der Waals surface area (Å²) in [6.07, 6.45) is 8.77. The van der Waals surface area contributed by atoms with Crippen molar-refractivity contribution in [3.8, 4) is 28.5 Å². The number of fused-ring (bicyclic) bond motifs is 1. The molecule has 10 nitrogen and oxygen atoms in total. The van der Waals surface area contributed by atoms with Crippen LogP contribution in [0.25, 0.3) is 28.2 Å². The molecule has 14 heteroatoms. The van der Waals surface area contributed by atoms with Gasteiger partial charge in [-0.3, -0.25) is 9.71 Å². The van der Waals surface area contributed by atoms with Crippen molar-refractivity contribution in [3.63, 3.8) is 0 Å². The van der Waals surface area contributed by atoms with Gasteiger partial charge in [-0.2, -0.15) is 0 Å². The van der Waals surface area contributed by atoms with Gasteiger partial charge in [-0.25, -0.2) is 36.5 Å². The summed E-state index contributed by atoms with van der Waals surface area (Å²) in [7, 11) is -3.41. The molecule has 1 aliphatic rings. The molecule has 0 radical (unpaired) electrons. The van der Waals surface area contributed by atoms with Crippen LogP contribution in [0.3, 0.4) is 0 Å². The molecule has 1 aromatic carbocycles. The summed E-state index contributed by atoms with van der Waals surface area (Å²) in [5, 5.41) is 0. The lowest BCUT2D eigenvalue weighted by atomic mass is 10.1. The van der Waals surface area contributed by atoms with Crippen molar-refractivity contribution in [2.75, 3.05) is 11.8 Å². The molecule has 2 N–H and O–H groups in total. The molecule has 4 heterocycles. The molecule has 1 saturated carbocycles. The first-order chi connectivity index (χ1) is 18.3. The van der Waals surface area contributed by atoms with Gasteiger partial charge in [-0.1, -0.05) is 0 Å². The molecule has 0 spiro atoms. The van der Waals surface area contributed by atoms with Crippen molar-refractivity contribution in [1.29, 1.82) is 0 Å². The molecular formula is C24H18F3N7O3S. The van der Waals surface area contributed by atoms with Crippen LogP contribution in [-0.2, 0) is 10.0 Å². The zero-order valence-electron chi connectivity index (χ0n) is 19.6. The van der Waals surface area contributed by atoms with E-state index in [9.17, 15) is 17.2 Å². The third kappa shape index (κ3) is 4.02. The maximum Gasteiger partial charge on any atom is 0.267 e. The fourth-order valence-electron chi connectivity index (χ4n) is 4.20. The fourth-order valence-corrected chi connectivity index (χ4v) is 5.39. The predicted molar refractivity (Wildman–Crippen MR) is 129 cm³/mol. The van der Waals surface area contributed by atoms with Crippen molar-refractivity contribution in [3.05, 3.63) is 72.6 Å². The number of nitrogens with one attached hydrogen (secondary N) is 2. The van der Waals surface area contributed by atoms with Crippen LogP contribution in [0.15, 0.2) is 54.3 Å². The van der Waals surface area contributed by atoms with Crippen LogP contribution in [0, 0.1) is 17.5 Å². The molecule has 0 unspecified atom stereocenters. The summed E-state index contributed by atoms with van der Waals surface area (Å²) >= 11 is 0. The van der Waals surface area contributed by atoms with Gasteiger partial charge in [0.1, 0.15) is 23.7 Å². The first-order valence-corrected chi connectivity index (χ1v) is 12.8. The van der Waals surface area contributed by atoms with Crippen LogP contribution >= 0.6 is 0 Å². The minimum Gasteiger partial charge on any atom is -0.480 e. The highest BCUT2D eigenvalue weighted by atomic mass is 32.2. The van der Waals surface area contributed by atoms with Crippen LogP contribution in [-0.4, -0.2) is 44.8 Å². The first-order valence-electron chi connectivity index (χ1n) is 11.3. The van der Waals surface area contributed by atoms with E-state index in [0.29, 0.717) is 23.2 Å². The third-order valence-corrected chi connectivity index (χ3v) is 7.51. The number of aromatic amines is 1. The highest BCUT2D eigenvalue weighted by Gasteiger charge is 2.30. The zero-order chi connectivity index (χ0) is 26.6. The number of aromatic nitrogens is 6. The van der Waals surface area contributed by atoms with Gasteiger partial charge in [-0.05, 0) is 25.0 Å². The number of nitrogens with zero attached hydrogens (tertiary/aromatic N) is 5. The summed E-state index contributed by atoms with van der Waals surface area (Å²) in [6.45, 7) is 0. The molecule has 0 atom stereocenters. The van der Waals surface area contributed by atoms with Crippen molar-refractivity contribution < 1.29 is 26.3 Å². The second kappa shape index (κ2) is 8.83. The maximum atomic E-state index is 15.5. The van der Waals surface area contributed by atoms with Gasteiger partial charge in [0.15, 0.2) is 10.7 Å². The SMILES string of the molecule is COc1ncc(F)cc1S(=O)(=O)Nc1ccc(F)c(-c2cn3cnc(-c4[nH]cnc4C4CC4)c3cn2)c1F. The molecule has 1 aliphatic carbocycles. The van der Waals surface area contributed by atoms with E-state index in [4.69, 9.17) is 4.74 Å². The quantitative estimate of drug-likeness (QED) is 0.315. The van der Waals surface area contributed by atoms with Crippen molar-refractivity contribution >= 4 is 21.2 Å². The van der Waals surface area contributed by atoms with Gasteiger partial charge in [0.2, 0.25) is 5.88 Å². The largest absolute Gasteiger partial charge is 0.480 e. The number of H-pyrrole nitrogens is 1. The summed E-state index contributed by atoms with van der Waals surface area (Å²) in [4.78, 5) is 19.1. The lowest BCUT2D eigenvalue weighted by Crippen LogP contribution is -2.16. The van der Waals surface area contributed by atoms with E-state index in [0.717, 1.165) is 49.7 Å². The minimum absolute atomic E-state index is 0.102. The molecule has 1 fully saturated rings. The predicted octanol–water partition coefficient (Wildman–Crippen LogP) is 4.29. The highest BCUT2D eigenvalue weighted by Crippen LogP contribution is 2.43. The lowest BCUT2D eigenvalue weighted by molar-refractivity contribution is 0.382. The molecule has 6 rings (SSSR count). The summed E-state index contributed by atoms with van der Waals surface area (Å²) in [5.74, 6) is -3.14. The molecule has 0 amide bonds. The zero-order valence-corrected chi connectivity index (χ0v) is 20.4. The fraction of sp³-hybridized carbons (Fsp3) is 0.167. The molecule has 38 heavy (non-hydrogen) atoms. The van der Waals surface area contributed by atoms with Crippen LogP contribution in [0.4, 0.5) is 18.9 Å². The number of rotatable bonds is 7. The third-order valence-electron chi connectivity index (χ3n) is 6.15. The monoisotopic (exact) mass is 541 g/mol. The molecular weight excluding hydrogens is 523 g/mol. The van der Waals surface area contributed by atoms with Crippen LogP contribution in [0.2, 0.25) is 0 Å². The Kier molecular flexibility index (Phi) is 5.56. The van der Waals surface area contributed by atoms with Gasteiger partial charge in [0, 0.05) is 18.2 Å². The van der Waals surface area contributed by atoms with Gasteiger partial charge in [-0.15, -0.1) is 0 Å². The Morgan fingerprint density at radius 2 is 1.92 bits per heavy atom. The molecule has 0 bridgehead atoms. The average molecular weight is 542 g/mol. The van der Waals surface area contributed by atoms with Gasteiger partial charge >= 0.3 is 0 Å². The Hall–Kier alpha value is -4.46. The summed E-state index contributed by atoms with van der Waals surface area (Å²) < 4.78 is 78.3. The van der Waals surface area contributed by atoms with Gasteiger partial charge in [0.25, 0.3) is 10.0 Å². The van der Waals surface area contributed by atoms with Crippen molar-refractivity contribution in [1.82, 2.24) is 29.3 Å². The Bertz CT molecular complexity index is 1820. The standard InChI is InChI=1S/C24H18F3N7O3S/c1-37-24-18(6-13(25)7-29-24)38(35,36)33-15-5-4-14(26)19(20(15)27)16-9-34-11-32-22(17(34)8-28-16)23-21(12-2-3-12)30-10-31-23/h4-12,33H,2-3H2,1H3,(H,30,31). The minimum atomic E-state index is -4.56. The number of pyridine rings is 1. The normalized spacial score (nSPS) is 13.7. The Labute approximate surface area is 213 Å². The van der Waals surface area contributed by atoms with E-state index in [1.165, 1.54) is 18.7 Å². The second-order valence-corrected chi connectivity index (χ2v) is 10.3. The number of benzene rings is 1. The van der Waals surface area contributed by atoms with Gasteiger partial charge < -0.3 is 14.1 Å². The maximum absolute atomic E-state index is 15.5. The molecule has 194 valence electrons. The Morgan fingerprint density at radius 1 is 1.11 bits per heavy atom. The number of hydrogen-bond donors (Lipinski definition) is 2.